The molecule has 3 rings (SSSR count). The fraction of sp³-hybridized carbons (Fsp3) is 0.0870. The van der Waals surface area contributed by atoms with Crippen molar-refractivity contribution in [3.63, 3.8) is 0 Å². The Morgan fingerprint density at radius 1 is 1.00 bits per heavy atom. The van der Waals surface area contributed by atoms with Crippen molar-refractivity contribution < 1.29 is 19.1 Å². The highest BCUT2D eigenvalue weighted by atomic mass is 79.9. The number of halogens is 1. The van der Waals surface area contributed by atoms with Crippen LogP contribution in [0, 0.1) is 0 Å². The predicted molar refractivity (Wildman–Crippen MR) is 123 cm³/mol. The number of rotatable bonds is 8. The molecule has 0 aliphatic heterocycles. The van der Waals surface area contributed by atoms with Gasteiger partial charge in [-0.1, -0.05) is 40.2 Å². The highest BCUT2D eigenvalue weighted by Gasteiger charge is 2.09. The zero-order valence-electron chi connectivity index (χ0n) is 16.7. The maximum atomic E-state index is 12.1. The Morgan fingerprint density at radius 2 is 1.81 bits per heavy atom. The van der Waals surface area contributed by atoms with E-state index in [4.69, 9.17) is 9.47 Å². The van der Waals surface area contributed by atoms with E-state index in [-0.39, 0.29) is 18.4 Å². The first kappa shape index (κ1) is 22.0. The number of nitrogens with one attached hydrogen (secondary N) is 2. The Kier molecular flexibility index (Phi) is 7.78. The predicted octanol–water partition coefficient (Wildman–Crippen LogP) is 4.24. The van der Waals surface area contributed by atoms with Crippen LogP contribution >= 0.6 is 15.9 Å². The van der Waals surface area contributed by atoms with Crippen LogP contribution in [0.3, 0.4) is 0 Å². The summed E-state index contributed by atoms with van der Waals surface area (Å²) in [6, 6.07) is 21.2. The number of amides is 2. The van der Waals surface area contributed by atoms with Gasteiger partial charge in [-0.2, -0.15) is 5.10 Å². The normalized spacial score (nSPS) is 10.5. The topological polar surface area (TPSA) is 89.0 Å². The average molecular weight is 482 g/mol. The molecule has 0 aliphatic carbocycles. The molecule has 2 amide bonds. The van der Waals surface area contributed by atoms with Gasteiger partial charge in [0.05, 0.1) is 13.3 Å². The van der Waals surface area contributed by atoms with Gasteiger partial charge in [0.1, 0.15) is 0 Å². The molecular weight excluding hydrogens is 462 g/mol. The fourth-order valence-electron chi connectivity index (χ4n) is 2.61. The van der Waals surface area contributed by atoms with Gasteiger partial charge >= 0.3 is 0 Å². The standard InChI is InChI=1S/C23H20BrN3O4/c1-30-21-12-16(14-25-27-23(29)17-6-5-7-18(24)13-17)10-11-20(21)31-15-22(28)26-19-8-3-2-4-9-19/h2-14H,15H2,1H3,(H,26,28)(H,27,29)/b25-14+. The number of benzene rings is 3. The lowest BCUT2D eigenvalue weighted by atomic mass is 10.2. The van der Waals surface area contributed by atoms with Crippen molar-refractivity contribution >= 4 is 39.6 Å². The van der Waals surface area contributed by atoms with E-state index in [1.165, 1.54) is 13.3 Å². The van der Waals surface area contributed by atoms with Gasteiger partial charge in [0.25, 0.3) is 11.8 Å². The monoisotopic (exact) mass is 481 g/mol. The molecule has 3 aromatic carbocycles. The molecule has 0 atom stereocenters. The number of ether oxygens (including phenoxy) is 2. The third kappa shape index (κ3) is 6.68. The Morgan fingerprint density at radius 3 is 2.55 bits per heavy atom. The third-order valence-electron chi connectivity index (χ3n) is 4.07. The quantitative estimate of drug-likeness (QED) is 0.372. The van der Waals surface area contributed by atoms with Crippen molar-refractivity contribution in [1.82, 2.24) is 5.43 Å². The lowest BCUT2D eigenvalue weighted by Crippen LogP contribution is -2.20. The Balaban J connectivity index is 1.57. The molecule has 0 heterocycles. The van der Waals surface area contributed by atoms with Crippen LogP contribution in [0.4, 0.5) is 5.69 Å². The van der Waals surface area contributed by atoms with Gasteiger partial charge in [0, 0.05) is 15.7 Å². The lowest BCUT2D eigenvalue weighted by molar-refractivity contribution is -0.118. The highest BCUT2D eigenvalue weighted by Crippen LogP contribution is 2.27. The van der Waals surface area contributed by atoms with Gasteiger partial charge < -0.3 is 14.8 Å². The Hall–Kier alpha value is -3.65. The van der Waals surface area contributed by atoms with Crippen LogP contribution in [0.5, 0.6) is 11.5 Å². The number of anilines is 1. The first-order chi connectivity index (χ1) is 15.0. The van der Waals surface area contributed by atoms with E-state index in [2.05, 4.69) is 31.8 Å². The largest absolute Gasteiger partial charge is 0.493 e. The summed E-state index contributed by atoms with van der Waals surface area (Å²) in [5.74, 6) is 0.249. The summed E-state index contributed by atoms with van der Waals surface area (Å²) >= 11 is 3.33. The van der Waals surface area contributed by atoms with Crippen molar-refractivity contribution in [2.24, 2.45) is 5.10 Å². The van der Waals surface area contributed by atoms with Crippen molar-refractivity contribution in [1.29, 1.82) is 0 Å². The Labute approximate surface area is 188 Å². The van der Waals surface area contributed by atoms with Gasteiger partial charge in [-0.05, 0) is 54.1 Å². The first-order valence-electron chi connectivity index (χ1n) is 9.30. The summed E-state index contributed by atoms with van der Waals surface area (Å²) in [4.78, 5) is 24.2. The second kappa shape index (κ2) is 10.9. The highest BCUT2D eigenvalue weighted by molar-refractivity contribution is 9.10. The molecule has 8 heteroatoms. The second-order valence-corrected chi connectivity index (χ2v) is 7.24. The minimum atomic E-state index is -0.325. The molecule has 0 saturated heterocycles. The van der Waals surface area contributed by atoms with E-state index in [0.29, 0.717) is 28.3 Å². The summed E-state index contributed by atoms with van der Waals surface area (Å²) in [6.07, 6.45) is 1.49. The SMILES string of the molecule is COc1cc(/C=N/NC(=O)c2cccc(Br)c2)ccc1OCC(=O)Nc1ccccc1. The van der Waals surface area contributed by atoms with Crippen LogP contribution in [0.15, 0.2) is 82.4 Å². The third-order valence-corrected chi connectivity index (χ3v) is 4.56. The molecule has 0 spiro atoms. The number of hydrazone groups is 1. The van der Waals surface area contributed by atoms with E-state index < -0.39 is 0 Å². The summed E-state index contributed by atoms with van der Waals surface area (Å²) in [6.45, 7) is -0.165. The summed E-state index contributed by atoms with van der Waals surface area (Å²) in [5.41, 5.74) is 4.34. The van der Waals surface area contributed by atoms with E-state index in [9.17, 15) is 9.59 Å². The van der Waals surface area contributed by atoms with Crippen molar-refractivity contribution in [2.45, 2.75) is 0 Å². The van der Waals surface area contributed by atoms with Crippen molar-refractivity contribution in [2.75, 3.05) is 19.0 Å². The van der Waals surface area contributed by atoms with Crippen molar-refractivity contribution in [3.8, 4) is 11.5 Å². The van der Waals surface area contributed by atoms with Crippen LogP contribution in [-0.4, -0.2) is 31.7 Å². The number of hydrogen-bond donors (Lipinski definition) is 2. The zero-order valence-corrected chi connectivity index (χ0v) is 18.3. The summed E-state index contributed by atoms with van der Waals surface area (Å²) < 4.78 is 11.7. The van der Waals surface area contributed by atoms with E-state index in [1.54, 1.807) is 48.5 Å². The molecule has 7 nitrogen and oxygen atoms in total. The molecule has 31 heavy (non-hydrogen) atoms. The molecule has 0 aromatic heterocycles. The summed E-state index contributed by atoms with van der Waals surface area (Å²) in [7, 11) is 1.50. The average Bonchev–Trinajstić information content (AvgIpc) is 2.78. The van der Waals surface area contributed by atoms with Crippen LogP contribution in [-0.2, 0) is 4.79 Å². The van der Waals surface area contributed by atoms with Crippen molar-refractivity contribution in [3.05, 3.63) is 88.4 Å². The fourth-order valence-corrected chi connectivity index (χ4v) is 3.00. The molecule has 0 unspecified atom stereocenters. The maximum Gasteiger partial charge on any atom is 0.271 e. The van der Waals surface area contributed by atoms with Crippen LogP contribution < -0.4 is 20.2 Å². The van der Waals surface area contributed by atoms with Gasteiger partial charge in [0.2, 0.25) is 0 Å². The molecule has 158 valence electrons. The van der Waals surface area contributed by atoms with Gasteiger partial charge in [-0.15, -0.1) is 0 Å². The number of carbonyl (C=O) groups is 2. The van der Waals surface area contributed by atoms with Gasteiger partial charge in [-0.25, -0.2) is 5.43 Å². The van der Waals surface area contributed by atoms with E-state index >= 15 is 0 Å². The number of hydrogen-bond acceptors (Lipinski definition) is 5. The van der Waals surface area contributed by atoms with Gasteiger partial charge in [-0.3, -0.25) is 9.59 Å². The Bertz CT molecular complexity index is 1090. The van der Waals surface area contributed by atoms with Gasteiger partial charge in [0.15, 0.2) is 18.1 Å². The van der Waals surface area contributed by atoms with E-state index in [0.717, 1.165) is 4.47 Å². The molecule has 0 saturated carbocycles. The first-order valence-corrected chi connectivity index (χ1v) is 10.1. The molecule has 3 aromatic rings. The lowest BCUT2D eigenvalue weighted by Gasteiger charge is -2.11. The number of carbonyl (C=O) groups excluding carboxylic acids is 2. The van der Waals surface area contributed by atoms with Crippen LogP contribution in [0.1, 0.15) is 15.9 Å². The van der Waals surface area contributed by atoms with Crippen LogP contribution in [0.2, 0.25) is 0 Å². The number of nitrogens with zero attached hydrogens (tertiary/aromatic N) is 1. The molecule has 0 aliphatic rings. The smallest absolute Gasteiger partial charge is 0.271 e. The minimum Gasteiger partial charge on any atom is -0.493 e. The maximum absolute atomic E-state index is 12.1. The minimum absolute atomic E-state index is 0.165. The molecule has 0 radical (unpaired) electrons. The number of para-hydroxylation sites is 1. The van der Waals surface area contributed by atoms with E-state index in [1.807, 2.05) is 24.3 Å². The molecule has 0 bridgehead atoms. The molecular formula is C23H20BrN3O4. The second-order valence-electron chi connectivity index (χ2n) is 6.32. The molecule has 0 fully saturated rings. The molecule has 2 N–H and O–H groups in total. The number of methoxy groups -OCH3 is 1. The zero-order chi connectivity index (χ0) is 22.1. The summed E-state index contributed by atoms with van der Waals surface area (Å²) in [5, 5.41) is 6.72. The van der Waals surface area contributed by atoms with Crippen LogP contribution in [0.25, 0.3) is 0 Å².